The van der Waals surface area contributed by atoms with Gasteiger partial charge in [0.05, 0.1) is 6.42 Å². The van der Waals surface area contributed by atoms with Crippen LogP contribution in [-0.4, -0.2) is 51.4 Å². The Bertz CT molecular complexity index is 696. The van der Waals surface area contributed by atoms with Crippen molar-refractivity contribution in [1.82, 2.24) is 14.9 Å². The Balaban J connectivity index is 0.00000261. The predicted molar refractivity (Wildman–Crippen MR) is 111 cm³/mol. The average Bonchev–Trinajstić information content (AvgIpc) is 3.12. The van der Waals surface area contributed by atoms with E-state index in [4.69, 9.17) is 0 Å². The lowest BCUT2D eigenvalue weighted by Crippen LogP contribution is -2.35. The molecule has 0 saturated carbocycles. The standard InChI is InChI=1S/C18H29N3O3S2.ClH/c22-17(20-10-8-15-5-4-9-19-14-15)13-16-6-7-18(25-16)26(23,24)21-11-2-1-3-12-21;/h6-7,15,19H,1-5,8-14H2,(H,20,22);1H. The number of nitrogens with zero attached hydrogens (tertiary/aromatic N) is 1. The average molecular weight is 436 g/mol. The van der Waals surface area contributed by atoms with E-state index in [0.717, 1.165) is 43.6 Å². The van der Waals surface area contributed by atoms with E-state index in [0.29, 0.717) is 29.8 Å². The maximum Gasteiger partial charge on any atom is 0.252 e. The Morgan fingerprint density at radius 1 is 1.22 bits per heavy atom. The lowest BCUT2D eigenvalue weighted by atomic mass is 9.96. The number of hydrogen-bond acceptors (Lipinski definition) is 5. The molecule has 27 heavy (non-hydrogen) atoms. The van der Waals surface area contributed by atoms with Crippen LogP contribution in [0.5, 0.6) is 0 Å². The van der Waals surface area contributed by atoms with Gasteiger partial charge < -0.3 is 10.6 Å². The van der Waals surface area contributed by atoms with Crippen molar-refractivity contribution in [2.24, 2.45) is 5.92 Å². The summed E-state index contributed by atoms with van der Waals surface area (Å²) in [7, 11) is -3.40. The van der Waals surface area contributed by atoms with Crippen LogP contribution in [0.3, 0.4) is 0 Å². The highest BCUT2D eigenvalue weighted by Crippen LogP contribution is 2.27. The number of thiophene rings is 1. The fourth-order valence-corrected chi connectivity index (χ4v) is 6.66. The highest BCUT2D eigenvalue weighted by atomic mass is 35.5. The maximum atomic E-state index is 12.7. The fourth-order valence-electron chi connectivity index (χ4n) is 3.63. The molecule has 1 aromatic rings. The van der Waals surface area contributed by atoms with Gasteiger partial charge in [0.1, 0.15) is 4.21 Å². The topological polar surface area (TPSA) is 78.5 Å². The van der Waals surface area contributed by atoms with Crippen molar-refractivity contribution >= 4 is 39.7 Å². The van der Waals surface area contributed by atoms with Crippen LogP contribution in [0, 0.1) is 5.92 Å². The van der Waals surface area contributed by atoms with Gasteiger partial charge in [-0.05, 0) is 63.2 Å². The molecule has 0 bridgehead atoms. The molecule has 1 unspecified atom stereocenters. The second-order valence-corrected chi connectivity index (χ2v) is 10.5. The molecule has 3 heterocycles. The highest BCUT2D eigenvalue weighted by Gasteiger charge is 2.27. The Hall–Kier alpha value is -0.670. The zero-order valence-corrected chi connectivity index (χ0v) is 18.1. The molecule has 1 atom stereocenters. The first-order valence-corrected chi connectivity index (χ1v) is 11.9. The van der Waals surface area contributed by atoms with Crippen molar-refractivity contribution in [2.75, 3.05) is 32.7 Å². The summed E-state index contributed by atoms with van der Waals surface area (Å²) in [5.41, 5.74) is 0. The lowest BCUT2D eigenvalue weighted by molar-refractivity contribution is -0.120. The summed E-state index contributed by atoms with van der Waals surface area (Å²) in [6, 6.07) is 3.41. The van der Waals surface area contributed by atoms with Gasteiger partial charge in [0.2, 0.25) is 5.91 Å². The summed E-state index contributed by atoms with van der Waals surface area (Å²) < 4.78 is 27.3. The number of carbonyl (C=O) groups excluding carboxylic acids is 1. The Kier molecular flexibility index (Phi) is 9.01. The van der Waals surface area contributed by atoms with Crippen LogP contribution < -0.4 is 10.6 Å². The van der Waals surface area contributed by atoms with Gasteiger partial charge in [-0.1, -0.05) is 6.42 Å². The van der Waals surface area contributed by atoms with Crippen molar-refractivity contribution in [2.45, 2.75) is 49.2 Å². The van der Waals surface area contributed by atoms with Crippen molar-refractivity contribution in [3.8, 4) is 0 Å². The van der Waals surface area contributed by atoms with Gasteiger partial charge in [0, 0.05) is 24.5 Å². The summed E-state index contributed by atoms with van der Waals surface area (Å²) in [5.74, 6) is 0.615. The minimum atomic E-state index is -3.40. The van der Waals surface area contributed by atoms with E-state index in [-0.39, 0.29) is 24.7 Å². The molecule has 2 fully saturated rings. The first-order chi connectivity index (χ1) is 12.6. The van der Waals surface area contributed by atoms with Gasteiger partial charge in [-0.2, -0.15) is 4.31 Å². The fraction of sp³-hybridized carbons (Fsp3) is 0.722. The van der Waals surface area contributed by atoms with E-state index in [1.165, 1.54) is 24.2 Å². The van der Waals surface area contributed by atoms with E-state index in [9.17, 15) is 13.2 Å². The third-order valence-electron chi connectivity index (χ3n) is 5.15. The molecule has 0 radical (unpaired) electrons. The molecule has 0 spiro atoms. The first kappa shape index (κ1) is 22.6. The van der Waals surface area contributed by atoms with Gasteiger partial charge in [0.15, 0.2) is 0 Å². The van der Waals surface area contributed by atoms with Crippen LogP contribution in [0.25, 0.3) is 0 Å². The smallest absolute Gasteiger partial charge is 0.252 e. The quantitative estimate of drug-likeness (QED) is 0.689. The van der Waals surface area contributed by atoms with E-state index in [2.05, 4.69) is 10.6 Å². The number of amides is 1. The third kappa shape index (κ3) is 6.42. The molecule has 6 nitrogen and oxygen atoms in total. The molecule has 1 amide bonds. The van der Waals surface area contributed by atoms with E-state index in [1.54, 1.807) is 16.4 Å². The summed E-state index contributed by atoms with van der Waals surface area (Å²) in [5, 5.41) is 6.35. The van der Waals surface area contributed by atoms with Crippen molar-refractivity contribution in [1.29, 1.82) is 0 Å². The number of nitrogens with one attached hydrogen (secondary N) is 2. The molecule has 2 aliphatic rings. The van der Waals surface area contributed by atoms with Crippen LogP contribution in [0.15, 0.2) is 16.3 Å². The molecule has 154 valence electrons. The molecule has 2 N–H and O–H groups in total. The zero-order chi connectivity index (χ0) is 18.4. The Morgan fingerprint density at radius 2 is 2.00 bits per heavy atom. The zero-order valence-electron chi connectivity index (χ0n) is 15.6. The molecular weight excluding hydrogens is 406 g/mol. The normalized spacial score (nSPS) is 21.4. The van der Waals surface area contributed by atoms with Crippen molar-refractivity contribution in [3.63, 3.8) is 0 Å². The minimum Gasteiger partial charge on any atom is -0.356 e. The number of sulfonamides is 1. The van der Waals surface area contributed by atoms with Gasteiger partial charge >= 0.3 is 0 Å². The third-order valence-corrected chi connectivity index (χ3v) is 8.61. The second-order valence-electron chi connectivity index (χ2n) is 7.21. The molecule has 2 saturated heterocycles. The highest BCUT2D eigenvalue weighted by molar-refractivity contribution is 7.91. The van der Waals surface area contributed by atoms with Crippen molar-refractivity contribution in [3.05, 3.63) is 17.0 Å². The van der Waals surface area contributed by atoms with Crippen LogP contribution in [-0.2, 0) is 21.2 Å². The van der Waals surface area contributed by atoms with E-state index >= 15 is 0 Å². The van der Waals surface area contributed by atoms with Gasteiger partial charge in [-0.15, -0.1) is 23.7 Å². The molecule has 2 aliphatic heterocycles. The number of halogens is 1. The predicted octanol–water partition coefficient (Wildman–Crippen LogP) is 2.39. The molecule has 0 aliphatic carbocycles. The molecule has 1 aromatic heterocycles. The van der Waals surface area contributed by atoms with Crippen LogP contribution in [0.2, 0.25) is 0 Å². The number of hydrogen-bond donors (Lipinski definition) is 2. The largest absolute Gasteiger partial charge is 0.356 e. The first-order valence-electron chi connectivity index (χ1n) is 9.62. The summed E-state index contributed by atoms with van der Waals surface area (Å²) >= 11 is 1.22. The SMILES string of the molecule is Cl.O=C(Cc1ccc(S(=O)(=O)N2CCCCC2)s1)NCCC1CCCNC1. The Labute approximate surface area is 172 Å². The van der Waals surface area contributed by atoms with Crippen LogP contribution in [0.4, 0.5) is 0 Å². The number of piperidine rings is 2. The van der Waals surface area contributed by atoms with Gasteiger partial charge in [-0.3, -0.25) is 4.79 Å². The monoisotopic (exact) mass is 435 g/mol. The van der Waals surface area contributed by atoms with E-state index < -0.39 is 10.0 Å². The lowest BCUT2D eigenvalue weighted by Gasteiger charge is -2.25. The van der Waals surface area contributed by atoms with Gasteiger partial charge in [0.25, 0.3) is 10.0 Å². The summed E-state index contributed by atoms with van der Waals surface area (Å²) in [6.45, 7) is 4.04. The second kappa shape index (κ2) is 10.8. The van der Waals surface area contributed by atoms with Gasteiger partial charge in [-0.25, -0.2) is 8.42 Å². The molecule has 9 heteroatoms. The summed E-state index contributed by atoms with van der Waals surface area (Å²) in [4.78, 5) is 12.9. The molecular formula is C18H30ClN3O3S2. The molecule has 0 aromatic carbocycles. The maximum absolute atomic E-state index is 12.7. The summed E-state index contributed by atoms with van der Waals surface area (Å²) in [6.07, 6.45) is 6.64. The van der Waals surface area contributed by atoms with Crippen LogP contribution in [0.1, 0.15) is 43.4 Å². The Morgan fingerprint density at radius 3 is 2.70 bits per heavy atom. The number of rotatable bonds is 7. The minimum absolute atomic E-state index is 0. The number of carbonyl (C=O) groups is 1. The van der Waals surface area contributed by atoms with Crippen LogP contribution >= 0.6 is 23.7 Å². The van der Waals surface area contributed by atoms with E-state index in [1.807, 2.05) is 0 Å². The van der Waals surface area contributed by atoms with Crippen molar-refractivity contribution < 1.29 is 13.2 Å². The molecule has 3 rings (SSSR count).